The molecule has 5 nitrogen and oxygen atoms in total. The number of piperazine rings is 1. The van der Waals surface area contributed by atoms with Crippen LogP contribution in [0.5, 0.6) is 0 Å². The molecule has 2 aliphatic carbocycles. The van der Waals surface area contributed by atoms with Crippen LogP contribution >= 0.6 is 0 Å². The lowest BCUT2D eigenvalue weighted by Gasteiger charge is -2.40. The molecule has 3 fully saturated rings. The van der Waals surface area contributed by atoms with Crippen molar-refractivity contribution in [3.63, 3.8) is 0 Å². The number of aliphatic carboxylic acids is 1. The number of rotatable bonds is 8. The minimum Gasteiger partial charge on any atom is -0.480 e. The fourth-order valence-electron chi connectivity index (χ4n) is 3.60. The zero-order valence-corrected chi connectivity index (χ0v) is 13.2. The molecule has 0 amide bonds. The number of hydrogen-bond acceptors (Lipinski definition) is 4. The maximum absolute atomic E-state index is 12.0. The summed E-state index contributed by atoms with van der Waals surface area (Å²) in [5, 5.41) is 13.4. The predicted octanol–water partition coefficient (Wildman–Crippen LogP) is 0.999. The van der Waals surface area contributed by atoms with Crippen molar-refractivity contribution >= 4 is 5.97 Å². The standard InChI is InChI=1S/C16H29N3O2/c1-2-7-18-8-10-19(11-9-18)12-16(15(20)21,13-3-4-13)17-14-5-6-14/h13-14,17H,2-12H2,1H3,(H,20,21). The van der Waals surface area contributed by atoms with Gasteiger partial charge in [-0.15, -0.1) is 0 Å². The molecule has 1 heterocycles. The lowest BCUT2D eigenvalue weighted by atomic mass is 9.91. The van der Waals surface area contributed by atoms with Crippen molar-refractivity contribution in [2.24, 2.45) is 5.92 Å². The first kappa shape index (κ1) is 15.3. The minimum atomic E-state index is -0.686. The Bertz CT molecular complexity index is 374. The van der Waals surface area contributed by atoms with Crippen LogP contribution in [0.4, 0.5) is 0 Å². The molecule has 1 unspecified atom stereocenters. The van der Waals surface area contributed by atoms with Crippen molar-refractivity contribution in [3.8, 4) is 0 Å². The fourth-order valence-corrected chi connectivity index (χ4v) is 3.60. The lowest BCUT2D eigenvalue weighted by Crippen LogP contribution is -2.63. The van der Waals surface area contributed by atoms with E-state index in [-0.39, 0.29) is 0 Å². The van der Waals surface area contributed by atoms with E-state index in [9.17, 15) is 9.90 Å². The smallest absolute Gasteiger partial charge is 0.325 e. The highest BCUT2D eigenvalue weighted by Crippen LogP contribution is 2.42. The highest BCUT2D eigenvalue weighted by atomic mass is 16.4. The zero-order chi connectivity index (χ0) is 14.9. The zero-order valence-electron chi connectivity index (χ0n) is 13.2. The molecule has 3 rings (SSSR count). The van der Waals surface area contributed by atoms with Gasteiger partial charge >= 0.3 is 5.97 Å². The van der Waals surface area contributed by atoms with Gasteiger partial charge in [0.15, 0.2) is 0 Å². The topological polar surface area (TPSA) is 55.8 Å². The van der Waals surface area contributed by atoms with Gasteiger partial charge in [-0.2, -0.15) is 0 Å². The van der Waals surface area contributed by atoms with Gasteiger partial charge in [0.1, 0.15) is 5.54 Å². The average molecular weight is 295 g/mol. The summed E-state index contributed by atoms with van der Waals surface area (Å²) in [6.07, 6.45) is 5.63. The Morgan fingerprint density at radius 3 is 2.24 bits per heavy atom. The summed E-state index contributed by atoms with van der Waals surface area (Å²) in [6, 6.07) is 0.447. The fraction of sp³-hybridized carbons (Fsp3) is 0.938. The average Bonchev–Trinajstić information content (AvgIpc) is 3.34. The first-order valence-electron chi connectivity index (χ1n) is 8.60. The molecule has 120 valence electrons. The van der Waals surface area contributed by atoms with Gasteiger partial charge in [-0.25, -0.2) is 0 Å². The number of carbonyl (C=O) groups is 1. The molecule has 1 saturated heterocycles. The Morgan fingerprint density at radius 1 is 1.14 bits per heavy atom. The van der Waals surface area contributed by atoms with Crippen molar-refractivity contribution in [2.75, 3.05) is 39.3 Å². The Balaban J connectivity index is 1.60. The first-order chi connectivity index (χ1) is 10.1. The van der Waals surface area contributed by atoms with Crippen LogP contribution in [0.25, 0.3) is 0 Å². The molecule has 0 aromatic rings. The number of carboxylic acid groups (broad SMARTS) is 1. The Hall–Kier alpha value is -0.650. The van der Waals surface area contributed by atoms with Crippen LogP contribution in [0.15, 0.2) is 0 Å². The van der Waals surface area contributed by atoms with Crippen molar-refractivity contribution < 1.29 is 9.90 Å². The molecule has 0 spiro atoms. The molecule has 0 aromatic heterocycles. The van der Waals surface area contributed by atoms with E-state index in [0.717, 1.165) is 51.9 Å². The van der Waals surface area contributed by atoms with Crippen LogP contribution in [0, 0.1) is 5.92 Å². The molecule has 21 heavy (non-hydrogen) atoms. The highest BCUT2D eigenvalue weighted by molar-refractivity contribution is 5.80. The van der Waals surface area contributed by atoms with Crippen LogP contribution in [0.3, 0.4) is 0 Å². The summed E-state index contributed by atoms with van der Waals surface area (Å²) in [5.74, 6) is -0.294. The van der Waals surface area contributed by atoms with E-state index in [1.165, 1.54) is 13.0 Å². The molecule has 2 saturated carbocycles. The third-order valence-corrected chi connectivity index (χ3v) is 5.17. The van der Waals surface area contributed by atoms with Crippen LogP contribution < -0.4 is 5.32 Å². The maximum Gasteiger partial charge on any atom is 0.325 e. The number of hydrogen-bond donors (Lipinski definition) is 2. The highest BCUT2D eigenvalue weighted by Gasteiger charge is 2.54. The second kappa shape index (κ2) is 6.23. The molecule has 5 heteroatoms. The molecule has 3 aliphatic rings. The second-order valence-electron chi connectivity index (χ2n) is 7.09. The summed E-state index contributed by atoms with van der Waals surface area (Å²) < 4.78 is 0. The van der Waals surface area contributed by atoms with Crippen LogP contribution in [-0.2, 0) is 4.79 Å². The number of carboxylic acids is 1. The minimum absolute atomic E-state index is 0.337. The van der Waals surface area contributed by atoms with Crippen LogP contribution in [-0.4, -0.2) is 71.7 Å². The number of nitrogens with one attached hydrogen (secondary N) is 1. The summed E-state index contributed by atoms with van der Waals surface area (Å²) in [5.41, 5.74) is -0.686. The number of nitrogens with zero attached hydrogens (tertiary/aromatic N) is 2. The lowest BCUT2D eigenvalue weighted by molar-refractivity contribution is -0.147. The molecule has 1 atom stereocenters. The predicted molar refractivity (Wildman–Crippen MR) is 82.4 cm³/mol. The van der Waals surface area contributed by atoms with Crippen molar-refractivity contribution in [2.45, 2.75) is 50.6 Å². The monoisotopic (exact) mass is 295 g/mol. The van der Waals surface area contributed by atoms with E-state index >= 15 is 0 Å². The van der Waals surface area contributed by atoms with E-state index in [1.807, 2.05) is 0 Å². The van der Waals surface area contributed by atoms with Gasteiger partial charge in [0.05, 0.1) is 0 Å². The third kappa shape index (κ3) is 3.58. The second-order valence-corrected chi connectivity index (χ2v) is 7.09. The van der Waals surface area contributed by atoms with Crippen molar-refractivity contribution in [1.29, 1.82) is 0 Å². The first-order valence-corrected chi connectivity index (χ1v) is 8.60. The summed E-state index contributed by atoms with van der Waals surface area (Å²) in [7, 11) is 0. The Morgan fingerprint density at radius 2 is 1.76 bits per heavy atom. The van der Waals surface area contributed by atoms with Gasteiger partial charge in [0.25, 0.3) is 0 Å². The summed E-state index contributed by atoms with van der Waals surface area (Å²) in [6.45, 7) is 8.25. The van der Waals surface area contributed by atoms with E-state index in [2.05, 4.69) is 22.0 Å². The van der Waals surface area contributed by atoms with E-state index in [0.29, 0.717) is 18.5 Å². The van der Waals surface area contributed by atoms with Gasteiger partial charge in [0, 0.05) is 38.8 Å². The van der Waals surface area contributed by atoms with E-state index in [4.69, 9.17) is 0 Å². The normalized spacial score (nSPS) is 27.5. The van der Waals surface area contributed by atoms with Gasteiger partial charge < -0.3 is 10.0 Å². The molecular weight excluding hydrogens is 266 g/mol. The Kier molecular flexibility index (Phi) is 4.52. The molecular formula is C16H29N3O2. The van der Waals surface area contributed by atoms with Crippen molar-refractivity contribution in [3.05, 3.63) is 0 Å². The Labute approximate surface area is 127 Å². The van der Waals surface area contributed by atoms with Crippen molar-refractivity contribution in [1.82, 2.24) is 15.1 Å². The molecule has 2 N–H and O–H groups in total. The molecule has 1 aliphatic heterocycles. The van der Waals surface area contributed by atoms with Gasteiger partial charge in [-0.1, -0.05) is 6.92 Å². The van der Waals surface area contributed by atoms with E-state index < -0.39 is 11.5 Å². The quantitative estimate of drug-likeness (QED) is 0.700. The summed E-state index contributed by atoms with van der Waals surface area (Å²) >= 11 is 0. The van der Waals surface area contributed by atoms with Crippen LogP contribution in [0.2, 0.25) is 0 Å². The molecule has 0 radical (unpaired) electrons. The third-order valence-electron chi connectivity index (χ3n) is 5.17. The molecule has 0 aromatic carbocycles. The van der Waals surface area contributed by atoms with Gasteiger partial charge in [0.2, 0.25) is 0 Å². The molecule has 0 bridgehead atoms. The van der Waals surface area contributed by atoms with Gasteiger partial charge in [-0.05, 0) is 44.6 Å². The van der Waals surface area contributed by atoms with E-state index in [1.54, 1.807) is 0 Å². The maximum atomic E-state index is 12.0. The largest absolute Gasteiger partial charge is 0.480 e. The summed E-state index contributed by atoms with van der Waals surface area (Å²) in [4.78, 5) is 16.9. The SMILES string of the molecule is CCCN1CCN(CC(NC2CC2)(C(=O)O)C2CC2)CC1. The van der Waals surface area contributed by atoms with Gasteiger partial charge in [-0.3, -0.25) is 15.0 Å². The van der Waals surface area contributed by atoms with Crippen LogP contribution in [0.1, 0.15) is 39.0 Å².